The smallest absolute Gasteiger partial charge is 0.133 e. The van der Waals surface area contributed by atoms with Gasteiger partial charge in [-0.3, -0.25) is 4.98 Å². The third-order valence-corrected chi connectivity index (χ3v) is 3.06. The van der Waals surface area contributed by atoms with Crippen molar-refractivity contribution in [1.82, 2.24) is 15.0 Å². The first-order chi connectivity index (χ1) is 8.69. The molecular formula is C13H15BrN4. The minimum Gasteiger partial charge on any atom is -0.351 e. The van der Waals surface area contributed by atoms with Gasteiger partial charge >= 0.3 is 0 Å². The molecule has 2 aromatic heterocycles. The van der Waals surface area contributed by atoms with E-state index in [2.05, 4.69) is 42.7 Å². The van der Waals surface area contributed by atoms with Crippen LogP contribution in [-0.4, -0.2) is 21.5 Å². The van der Waals surface area contributed by atoms with Crippen molar-refractivity contribution < 1.29 is 0 Å². The molecule has 0 radical (unpaired) electrons. The van der Waals surface area contributed by atoms with Crippen LogP contribution < -0.4 is 4.90 Å². The Morgan fingerprint density at radius 1 is 1.28 bits per heavy atom. The van der Waals surface area contributed by atoms with Crippen molar-refractivity contribution in [1.29, 1.82) is 0 Å². The highest BCUT2D eigenvalue weighted by atomic mass is 79.9. The van der Waals surface area contributed by atoms with Crippen molar-refractivity contribution in [2.24, 2.45) is 0 Å². The van der Waals surface area contributed by atoms with Crippen LogP contribution in [0.2, 0.25) is 0 Å². The number of hydrogen-bond donors (Lipinski definition) is 0. The monoisotopic (exact) mass is 306 g/mol. The zero-order valence-electron chi connectivity index (χ0n) is 10.5. The van der Waals surface area contributed by atoms with Gasteiger partial charge in [0.15, 0.2) is 0 Å². The molecule has 0 fully saturated rings. The van der Waals surface area contributed by atoms with Crippen molar-refractivity contribution in [2.45, 2.75) is 20.4 Å². The molecule has 0 spiro atoms. The molecule has 2 aromatic rings. The first kappa shape index (κ1) is 13.0. The van der Waals surface area contributed by atoms with Crippen LogP contribution in [0.1, 0.15) is 18.3 Å². The fourth-order valence-electron chi connectivity index (χ4n) is 1.74. The standard InChI is InChI=1S/C13H15BrN4/c1-3-18(13-7-12(14)15-9-16-13)8-11-6-4-5-10(2)17-11/h4-7,9H,3,8H2,1-2H3. The van der Waals surface area contributed by atoms with Gasteiger partial charge in [0.25, 0.3) is 0 Å². The van der Waals surface area contributed by atoms with Crippen molar-refractivity contribution in [2.75, 3.05) is 11.4 Å². The Morgan fingerprint density at radius 3 is 2.78 bits per heavy atom. The number of aromatic nitrogens is 3. The molecule has 0 amide bonds. The van der Waals surface area contributed by atoms with E-state index in [1.807, 2.05) is 31.2 Å². The predicted octanol–water partition coefficient (Wildman–Crippen LogP) is 2.97. The van der Waals surface area contributed by atoms with Crippen molar-refractivity contribution >= 4 is 21.7 Å². The van der Waals surface area contributed by atoms with Crippen LogP contribution in [0.3, 0.4) is 0 Å². The van der Waals surface area contributed by atoms with Crippen LogP contribution in [0.15, 0.2) is 35.2 Å². The van der Waals surface area contributed by atoms with E-state index in [1.165, 1.54) is 0 Å². The molecule has 0 aliphatic heterocycles. The summed E-state index contributed by atoms with van der Waals surface area (Å²) in [6.07, 6.45) is 1.56. The van der Waals surface area contributed by atoms with Gasteiger partial charge in [-0.05, 0) is 41.9 Å². The molecule has 5 heteroatoms. The second-order valence-electron chi connectivity index (χ2n) is 3.98. The maximum atomic E-state index is 4.51. The van der Waals surface area contributed by atoms with Crippen LogP contribution >= 0.6 is 15.9 Å². The van der Waals surface area contributed by atoms with Crippen LogP contribution in [0.5, 0.6) is 0 Å². The second kappa shape index (κ2) is 5.91. The molecule has 0 saturated carbocycles. The van der Waals surface area contributed by atoms with Gasteiger partial charge in [-0.1, -0.05) is 6.07 Å². The fraction of sp³-hybridized carbons (Fsp3) is 0.308. The molecular weight excluding hydrogens is 292 g/mol. The molecule has 0 N–H and O–H groups in total. The van der Waals surface area contributed by atoms with Gasteiger partial charge in [0, 0.05) is 18.3 Å². The minimum absolute atomic E-state index is 0.752. The van der Waals surface area contributed by atoms with E-state index in [0.717, 1.165) is 34.9 Å². The van der Waals surface area contributed by atoms with Gasteiger partial charge < -0.3 is 4.90 Å². The fourth-order valence-corrected chi connectivity index (χ4v) is 2.03. The lowest BCUT2D eigenvalue weighted by molar-refractivity contribution is 0.786. The van der Waals surface area contributed by atoms with E-state index in [-0.39, 0.29) is 0 Å². The Balaban J connectivity index is 2.19. The van der Waals surface area contributed by atoms with Crippen molar-refractivity contribution in [3.8, 4) is 0 Å². The quantitative estimate of drug-likeness (QED) is 0.814. The van der Waals surface area contributed by atoms with Gasteiger partial charge in [-0.2, -0.15) is 0 Å². The van der Waals surface area contributed by atoms with Crippen LogP contribution in [0.25, 0.3) is 0 Å². The summed E-state index contributed by atoms with van der Waals surface area (Å²) in [5.74, 6) is 0.905. The molecule has 0 saturated heterocycles. The predicted molar refractivity (Wildman–Crippen MR) is 75.4 cm³/mol. The molecule has 4 nitrogen and oxygen atoms in total. The number of pyridine rings is 1. The van der Waals surface area contributed by atoms with Gasteiger partial charge in [0.1, 0.15) is 16.7 Å². The van der Waals surface area contributed by atoms with Gasteiger partial charge in [-0.15, -0.1) is 0 Å². The maximum absolute atomic E-state index is 4.51. The number of aryl methyl sites for hydroxylation is 1. The minimum atomic E-state index is 0.752. The highest BCUT2D eigenvalue weighted by molar-refractivity contribution is 9.10. The van der Waals surface area contributed by atoms with E-state index in [0.29, 0.717) is 0 Å². The molecule has 0 aliphatic rings. The Bertz CT molecular complexity index is 530. The Labute approximate surface area is 115 Å². The normalized spacial score (nSPS) is 10.4. The third kappa shape index (κ3) is 3.26. The molecule has 0 aliphatic carbocycles. The lowest BCUT2D eigenvalue weighted by Gasteiger charge is -2.21. The molecule has 2 heterocycles. The lowest BCUT2D eigenvalue weighted by Crippen LogP contribution is -2.23. The summed E-state index contributed by atoms with van der Waals surface area (Å²) in [6, 6.07) is 7.98. The first-order valence-electron chi connectivity index (χ1n) is 5.84. The van der Waals surface area contributed by atoms with Crippen molar-refractivity contribution in [3.63, 3.8) is 0 Å². The third-order valence-electron chi connectivity index (χ3n) is 2.62. The molecule has 0 aromatic carbocycles. The average molecular weight is 307 g/mol. The Kier molecular flexibility index (Phi) is 4.25. The summed E-state index contributed by atoms with van der Waals surface area (Å²) in [4.78, 5) is 15.0. The summed E-state index contributed by atoms with van der Waals surface area (Å²) in [5.41, 5.74) is 2.08. The topological polar surface area (TPSA) is 41.9 Å². The molecule has 94 valence electrons. The van der Waals surface area contributed by atoms with Gasteiger partial charge in [0.2, 0.25) is 0 Å². The summed E-state index contributed by atoms with van der Waals surface area (Å²) in [5, 5.41) is 0. The number of halogens is 1. The average Bonchev–Trinajstić information content (AvgIpc) is 2.36. The van der Waals surface area contributed by atoms with E-state index in [9.17, 15) is 0 Å². The molecule has 0 unspecified atom stereocenters. The number of rotatable bonds is 4. The highest BCUT2D eigenvalue weighted by Crippen LogP contribution is 2.16. The van der Waals surface area contributed by atoms with E-state index >= 15 is 0 Å². The Hall–Kier alpha value is -1.49. The van der Waals surface area contributed by atoms with Gasteiger partial charge in [-0.25, -0.2) is 9.97 Å². The van der Waals surface area contributed by atoms with Crippen LogP contribution in [-0.2, 0) is 6.54 Å². The van der Waals surface area contributed by atoms with Crippen molar-refractivity contribution in [3.05, 3.63) is 46.6 Å². The Morgan fingerprint density at radius 2 is 2.11 bits per heavy atom. The summed E-state index contributed by atoms with van der Waals surface area (Å²) >= 11 is 3.36. The SMILES string of the molecule is CCN(Cc1cccc(C)n1)c1cc(Br)ncn1. The second-order valence-corrected chi connectivity index (χ2v) is 4.80. The summed E-state index contributed by atoms with van der Waals surface area (Å²) < 4.78 is 0.795. The zero-order chi connectivity index (χ0) is 13.0. The zero-order valence-corrected chi connectivity index (χ0v) is 12.1. The molecule has 0 bridgehead atoms. The number of nitrogens with zero attached hydrogens (tertiary/aromatic N) is 4. The highest BCUT2D eigenvalue weighted by Gasteiger charge is 2.08. The largest absolute Gasteiger partial charge is 0.351 e. The van der Waals surface area contributed by atoms with E-state index in [4.69, 9.17) is 0 Å². The van der Waals surface area contributed by atoms with E-state index < -0.39 is 0 Å². The first-order valence-corrected chi connectivity index (χ1v) is 6.63. The molecule has 2 rings (SSSR count). The van der Waals surface area contributed by atoms with Crippen LogP contribution in [0, 0.1) is 6.92 Å². The van der Waals surface area contributed by atoms with Gasteiger partial charge in [0.05, 0.1) is 12.2 Å². The van der Waals surface area contributed by atoms with Crippen LogP contribution in [0.4, 0.5) is 5.82 Å². The molecule has 18 heavy (non-hydrogen) atoms. The number of anilines is 1. The summed E-state index contributed by atoms with van der Waals surface area (Å²) in [7, 11) is 0. The summed E-state index contributed by atoms with van der Waals surface area (Å²) in [6.45, 7) is 5.73. The number of hydrogen-bond acceptors (Lipinski definition) is 4. The van der Waals surface area contributed by atoms with E-state index in [1.54, 1.807) is 6.33 Å². The maximum Gasteiger partial charge on any atom is 0.133 e. The molecule has 0 atom stereocenters. The lowest BCUT2D eigenvalue weighted by atomic mass is 10.3.